The Morgan fingerprint density at radius 2 is 2.50 bits per heavy atom. The number of nitrogens with zero attached hydrogens (tertiary/aromatic N) is 1. The molecule has 3 heteroatoms. The average Bonchev–Trinajstić information content (AvgIpc) is 2.50. The van der Waals surface area contributed by atoms with Gasteiger partial charge in [-0.15, -0.1) is 0 Å². The number of hydrogen-bond donors (Lipinski definition) is 1. The summed E-state index contributed by atoms with van der Waals surface area (Å²) in [6.07, 6.45) is 4.45. The zero-order valence-corrected chi connectivity index (χ0v) is 7.75. The van der Waals surface area contributed by atoms with Gasteiger partial charge in [-0.05, 0) is 19.4 Å². The van der Waals surface area contributed by atoms with Crippen molar-refractivity contribution in [3.05, 3.63) is 0 Å². The number of rotatable bonds is 5. The Bertz CT molecular complexity index is 138. The van der Waals surface area contributed by atoms with Crippen LogP contribution >= 0.6 is 0 Å². The largest absolute Gasteiger partial charge is 0.355 e. The van der Waals surface area contributed by atoms with E-state index in [1.807, 2.05) is 0 Å². The zero-order valence-electron chi connectivity index (χ0n) is 7.75. The minimum Gasteiger partial charge on any atom is -0.355 e. The molecule has 3 nitrogen and oxygen atoms in total. The lowest BCUT2D eigenvalue weighted by atomic mass is 10.3. The van der Waals surface area contributed by atoms with Crippen molar-refractivity contribution in [2.75, 3.05) is 19.6 Å². The van der Waals surface area contributed by atoms with Crippen LogP contribution in [0.1, 0.15) is 26.2 Å². The molecule has 1 heterocycles. The van der Waals surface area contributed by atoms with Crippen molar-refractivity contribution < 1.29 is 4.79 Å². The molecule has 0 saturated carbocycles. The van der Waals surface area contributed by atoms with Crippen molar-refractivity contribution in [1.29, 1.82) is 0 Å². The van der Waals surface area contributed by atoms with Gasteiger partial charge in [-0.3, -0.25) is 4.79 Å². The Morgan fingerprint density at radius 3 is 3.17 bits per heavy atom. The zero-order chi connectivity index (χ0) is 8.81. The summed E-state index contributed by atoms with van der Waals surface area (Å²) in [5.41, 5.74) is 0. The normalized spacial score (nSPS) is 24.2. The van der Waals surface area contributed by atoms with E-state index in [-0.39, 0.29) is 0 Å². The molecule has 0 radical (unpaired) electrons. The summed E-state index contributed by atoms with van der Waals surface area (Å²) in [4.78, 5) is 12.6. The van der Waals surface area contributed by atoms with Gasteiger partial charge in [-0.1, -0.05) is 13.3 Å². The molecule has 12 heavy (non-hydrogen) atoms. The molecule has 0 aliphatic carbocycles. The molecule has 1 saturated heterocycles. The Labute approximate surface area is 74.1 Å². The quantitative estimate of drug-likeness (QED) is 0.613. The summed E-state index contributed by atoms with van der Waals surface area (Å²) in [5.74, 6) is 0. The topological polar surface area (TPSA) is 32.3 Å². The van der Waals surface area contributed by atoms with Gasteiger partial charge in [0.2, 0.25) is 6.41 Å². The van der Waals surface area contributed by atoms with Crippen molar-refractivity contribution in [3.63, 3.8) is 0 Å². The first kappa shape index (κ1) is 9.52. The third kappa shape index (κ3) is 2.81. The molecule has 0 spiro atoms. The SMILES string of the molecule is CCCCN1CC[C@H](NC=O)C1. The number of nitrogens with one attached hydrogen (secondary N) is 1. The molecule has 1 aliphatic rings. The van der Waals surface area contributed by atoms with Gasteiger partial charge in [0.1, 0.15) is 0 Å². The third-order valence-electron chi connectivity index (χ3n) is 2.40. The standard InChI is InChI=1S/C9H18N2O/c1-2-3-5-11-6-4-9(7-11)10-8-12/h8-9H,2-7H2,1H3,(H,10,12)/t9-/m0/s1. The number of amides is 1. The van der Waals surface area contributed by atoms with E-state index in [4.69, 9.17) is 0 Å². The first-order chi connectivity index (χ1) is 5.86. The first-order valence-corrected chi connectivity index (χ1v) is 4.79. The Morgan fingerprint density at radius 1 is 1.67 bits per heavy atom. The van der Waals surface area contributed by atoms with Crippen LogP contribution in [-0.4, -0.2) is 37.0 Å². The highest BCUT2D eigenvalue weighted by atomic mass is 16.1. The van der Waals surface area contributed by atoms with Gasteiger partial charge >= 0.3 is 0 Å². The minimum absolute atomic E-state index is 0.402. The molecule has 1 atom stereocenters. The summed E-state index contributed by atoms with van der Waals surface area (Å²) < 4.78 is 0. The van der Waals surface area contributed by atoms with E-state index in [1.54, 1.807) is 0 Å². The van der Waals surface area contributed by atoms with Crippen LogP contribution in [0.4, 0.5) is 0 Å². The molecule has 0 aromatic heterocycles. The van der Waals surface area contributed by atoms with Crippen LogP contribution < -0.4 is 5.32 Å². The van der Waals surface area contributed by atoms with E-state index >= 15 is 0 Å². The van der Waals surface area contributed by atoms with Crippen molar-refractivity contribution in [2.24, 2.45) is 0 Å². The van der Waals surface area contributed by atoms with E-state index in [1.165, 1.54) is 19.4 Å². The highest BCUT2D eigenvalue weighted by molar-refractivity contribution is 5.46. The van der Waals surface area contributed by atoms with Crippen LogP contribution in [0.15, 0.2) is 0 Å². The second-order valence-corrected chi connectivity index (χ2v) is 3.42. The lowest BCUT2D eigenvalue weighted by Gasteiger charge is -2.14. The number of carbonyl (C=O) groups is 1. The lowest BCUT2D eigenvalue weighted by Crippen LogP contribution is -2.31. The van der Waals surface area contributed by atoms with Crippen LogP contribution in [0, 0.1) is 0 Å². The summed E-state index contributed by atoms with van der Waals surface area (Å²) in [7, 11) is 0. The van der Waals surface area contributed by atoms with Crippen molar-refractivity contribution in [1.82, 2.24) is 10.2 Å². The predicted molar refractivity (Wildman–Crippen MR) is 49.0 cm³/mol. The number of unbranched alkanes of at least 4 members (excludes halogenated alkanes) is 1. The van der Waals surface area contributed by atoms with E-state index in [9.17, 15) is 4.79 Å². The van der Waals surface area contributed by atoms with Crippen molar-refractivity contribution >= 4 is 6.41 Å². The van der Waals surface area contributed by atoms with Gasteiger partial charge < -0.3 is 10.2 Å². The van der Waals surface area contributed by atoms with E-state index < -0.39 is 0 Å². The third-order valence-corrected chi connectivity index (χ3v) is 2.40. The number of hydrogen-bond acceptors (Lipinski definition) is 2. The monoisotopic (exact) mass is 170 g/mol. The highest BCUT2D eigenvalue weighted by Crippen LogP contribution is 2.09. The highest BCUT2D eigenvalue weighted by Gasteiger charge is 2.20. The van der Waals surface area contributed by atoms with Crippen molar-refractivity contribution in [2.45, 2.75) is 32.2 Å². The summed E-state index contributed by atoms with van der Waals surface area (Å²) in [6.45, 7) is 5.58. The molecule has 0 unspecified atom stereocenters. The molecular weight excluding hydrogens is 152 g/mol. The minimum atomic E-state index is 0.402. The molecule has 70 valence electrons. The summed E-state index contributed by atoms with van der Waals surface area (Å²) in [6, 6.07) is 0.402. The van der Waals surface area contributed by atoms with Crippen LogP contribution in [0.5, 0.6) is 0 Å². The number of likely N-dealkylation sites (tertiary alicyclic amines) is 1. The van der Waals surface area contributed by atoms with Gasteiger partial charge in [0.05, 0.1) is 0 Å². The van der Waals surface area contributed by atoms with Crippen LogP contribution in [-0.2, 0) is 4.79 Å². The molecule has 1 N–H and O–H groups in total. The molecule has 0 aromatic rings. The smallest absolute Gasteiger partial charge is 0.207 e. The van der Waals surface area contributed by atoms with Gasteiger partial charge in [-0.25, -0.2) is 0 Å². The molecule has 1 rings (SSSR count). The molecule has 1 aliphatic heterocycles. The Balaban J connectivity index is 2.12. The predicted octanol–water partition coefficient (Wildman–Crippen LogP) is 0.607. The van der Waals surface area contributed by atoms with E-state index in [0.29, 0.717) is 6.04 Å². The molecule has 0 aromatic carbocycles. The summed E-state index contributed by atoms with van der Waals surface area (Å²) in [5, 5.41) is 2.83. The van der Waals surface area contributed by atoms with E-state index in [2.05, 4.69) is 17.1 Å². The van der Waals surface area contributed by atoms with Crippen molar-refractivity contribution in [3.8, 4) is 0 Å². The maximum Gasteiger partial charge on any atom is 0.207 e. The Hall–Kier alpha value is -0.570. The second kappa shape index (κ2) is 5.14. The Kier molecular flexibility index (Phi) is 4.08. The van der Waals surface area contributed by atoms with Gasteiger partial charge in [0.15, 0.2) is 0 Å². The second-order valence-electron chi connectivity index (χ2n) is 3.42. The maximum atomic E-state index is 10.2. The van der Waals surface area contributed by atoms with Gasteiger partial charge in [0, 0.05) is 19.1 Å². The fraction of sp³-hybridized carbons (Fsp3) is 0.889. The van der Waals surface area contributed by atoms with Crippen LogP contribution in [0.3, 0.4) is 0 Å². The first-order valence-electron chi connectivity index (χ1n) is 4.79. The van der Waals surface area contributed by atoms with Crippen LogP contribution in [0.25, 0.3) is 0 Å². The van der Waals surface area contributed by atoms with Gasteiger partial charge in [0.25, 0.3) is 0 Å². The molecule has 0 bridgehead atoms. The molecule has 1 fully saturated rings. The van der Waals surface area contributed by atoms with Crippen LogP contribution in [0.2, 0.25) is 0 Å². The molecule has 1 amide bonds. The lowest BCUT2D eigenvalue weighted by molar-refractivity contribution is -0.110. The van der Waals surface area contributed by atoms with Gasteiger partial charge in [-0.2, -0.15) is 0 Å². The summed E-state index contributed by atoms with van der Waals surface area (Å²) >= 11 is 0. The number of carbonyl (C=O) groups excluding carboxylic acids is 1. The fourth-order valence-corrected chi connectivity index (χ4v) is 1.65. The maximum absolute atomic E-state index is 10.2. The molecular formula is C9H18N2O. The average molecular weight is 170 g/mol. The fourth-order valence-electron chi connectivity index (χ4n) is 1.65. The van der Waals surface area contributed by atoms with E-state index in [0.717, 1.165) is 25.9 Å².